The number of pyridine rings is 1. The molecule has 0 atom stereocenters. The van der Waals surface area contributed by atoms with Gasteiger partial charge in [0.1, 0.15) is 5.82 Å². The van der Waals surface area contributed by atoms with Gasteiger partial charge >= 0.3 is 0 Å². The van der Waals surface area contributed by atoms with Gasteiger partial charge < -0.3 is 15.1 Å². The number of carbonyl (C=O) groups is 1. The van der Waals surface area contributed by atoms with Crippen LogP contribution in [0.1, 0.15) is 16.1 Å². The smallest absolute Gasteiger partial charge is 0.260 e. The predicted molar refractivity (Wildman–Crippen MR) is 103 cm³/mol. The van der Waals surface area contributed by atoms with E-state index in [0.717, 1.165) is 28.4 Å². The molecule has 1 aromatic carbocycles. The summed E-state index contributed by atoms with van der Waals surface area (Å²) >= 11 is 0. The van der Waals surface area contributed by atoms with Crippen LogP contribution in [0.2, 0.25) is 0 Å². The normalized spacial score (nSPS) is 13.3. The van der Waals surface area contributed by atoms with Crippen molar-refractivity contribution < 1.29 is 4.79 Å². The molecule has 0 saturated carbocycles. The zero-order valence-electron chi connectivity index (χ0n) is 15.2. The van der Waals surface area contributed by atoms with E-state index in [2.05, 4.69) is 15.4 Å². The van der Waals surface area contributed by atoms with Gasteiger partial charge in [-0.25, -0.2) is 4.98 Å². The van der Waals surface area contributed by atoms with Crippen LogP contribution in [0.5, 0.6) is 0 Å². The standard InChI is InChI=1S/C19H20N6O/c1-12-14(10-21-25(12)4)22-18-9-16-17(11-20-18)24(3)19(26)13-7-5-6-8-15(13)23(16)2/h5-11H,1-4H3,(H,20,22). The lowest BCUT2D eigenvalue weighted by Crippen LogP contribution is -2.25. The maximum atomic E-state index is 12.8. The molecule has 3 heterocycles. The second kappa shape index (κ2) is 5.87. The number of amides is 1. The van der Waals surface area contributed by atoms with E-state index in [9.17, 15) is 4.79 Å². The molecule has 4 rings (SSSR count). The summed E-state index contributed by atoms with van der Waals surface area (Å²) in [6.07, 6.45) is 3.50. The Morgan fingerprint density at radius 1 is 0.962 bits per heavy atom. The minimum absolute atomic E-state index is 0.0446. The number of para-hydroxylation sites is 1. The highest BCUT2D eigenvalue weighted by molar-refractivity contribution is 6.13. The minimum atomic E-state index is -0.0446. The molecule has 1 aliphatic rings. The summed E-state index contributed by atoms with van der Waals surface area (Å²) < 4.78 is 1.81. The Morgan fingerprint density at radius 3 is 2.46 bits per heavy atom. The molecule has 26 heavy (non-hydrogen) atoms. The highest BCUT2D eigenvalue weighted by atomic mass is 16.2. The summed E-state index contributed by atoms with van der Waals surface area (Å²) in [5.74, 6) is 0.656. The van der Waals surface area contributed by atoms with Crippen LogP contribution in [0.25, 0.3) is 0 Å². The average molecular weight is 348 g/mol. The van der Waals surface area contributed by atoms with Crippen LogP contribution in [-0.4, -0.2) is 34.8 Å². The Bertz CT molecular complexity index is 1010. The van der Waals surface area contributed by atoms with Crippen LogP contribution in [0.4, 0.5) is 28.6 Å². The van der Waals surface area contributed by atoms with Crippen molar-refractivity contribution in [2.75, 3.05) is 29.2 Å². The zero-order valence-corrected chi connectivity index (χ0v) is 15.2. The fourth-order valence-corrected chi connectivity index (χ4v) is 3.16. The van der Waals surface area contributed by atoms with Gasteiger partial charge in [-0.05, 0) is 19.1 Å². The van der Waals surface area contributed by atoms with E-state index in [1.165, 1.54) is 0 Å². The van der Waals surface area contributed by atoms with E-state index in [4.69, 9.17) is 0 Å². The summed E-state index contributed by atoms with van der Waals surface area (Å²) in [6.45, 7) is 1.99. The highest BCUT2D eigenvalue weighted by Crippen LogP contribution is 2.40. The second-order valence-corrected chi connectivity index (χ2v) is 6.39. The molecule has 0 aliphatic carbocycles. The average Bonchev–Trinajstić information content (AvgIpc) is 2.94. The number of hydrogen-bond donors (Lipinski definition) is 1. The SMILES string of the molecule is Cc1c(Nc2cc3c(cn2)N(C)C(=O)c2ccccc2N3C)cnn1C. The lowest BCUT2D eigenvalue weighted by atomic mass is 10.1. The minimum Gasteiger partial charge on any atom is -0.342 e. The number of aromatic nitrogens is 3. The molecule has 1 aliphatic heterocycles. The number of benzene rings is 1. The van der Waals surface area contributed by atoms with E-state index < -0.39 is 0 Å². The van der Waals surface area contributed by atoms with Crippen LogP contribution in [-0.2, 0) is 7.05 Å². The molecule has 2 aromatic heterocycles. The number of hydrogen-bond acceptors (Lipinski definition) is 5. The quantitative estimate of drug-likeness (QED) is 0.770. The van der Waals surface area contributed by atoms with Crippen LogP contribution in [0.15, 0.2) is 42.7 Å². The first kappa shape index (κ1) is 16.1. The predicted octanol–water partition coefficient (Wildman–Crippen LogP) is 3.23. The summed E-state index contributed by atoms with van der Waals surface area (Å²) in [6, 6.07) is 9.57. The number of carbonyl (C=O) groups excluding carboxylic acids is 1. The maximum absolute atomic E-state index is 12.8. The Hall–Kier alpha value is -3.35. The fraction of sp³-hybridized carbons (Fsp3) is 0.211. The molecule has 3 aromatic rings. The molecule has 0 saturated heterocycles. The van der Waals surface area contributed by atoms with Crippen molar-refractivity contribution in [1.29, 1.82) is 0 Å². The van der Waals surface area contributed by atoms with Crippen molar-refractivity contribution in [3.8, 4) is 0 Å². The lowest BCUT2D eigenvalue weighted by molar-refractivity contribution is 0.0994. The summed E-state index contributed by atoms with van der Waals surface area (Å²) in [5, 5.41) is 7.55. The van der Waals surface area contributed by atoms with Gasteiger partial charge in [-0.3, -0.25) is 9.48 Å². The number of fused-ring (bicyclic) bond motifs is 2. The molecule has 0 radical (unpaired) electrons. The van der Waals surface area contributed by atoms with Gasteiger partial charge in [0.2, 0.25) is 0 Å². The Balaban J connectivity index is 1.80. The van der Waals surface area contributed by atoms with Crippen LogP contribution < -0.4 is 15.1 Å². The first-order valence-electron chi connectivity index (χ1n) is 8.34. The van der Waals surface area contributed by atoms with Crippen molar-refractivity contribution in [3.05, 3.63) is 54.0 Å². The molecule has 7 heteroatoms. The van der Waals surface area contributed by atoms with Crippen molar-refractivity contribution in [2.24, 2.45) is 7.05 Å². The lowest BCUT2D eigenvalue weighted by Gasteiger charge is -2.22. The van der Waals surface area contributed by atoms with Gasteiger partial charge in [0.25, 0.3) is 5.91 Å². The number of nitrogens with zero attached hydrogens (tertiary/aromatic N) is 5. The van der Waals surface area contributed by atoms with E-state index in [1.54, 1.807) is 29.0 Å². The summed E-state index contributed by atoms with van der Waals surface area (Å²) in [7, 11) is 5.64. The first-order chi connectivity index (χ1) is 12.5. The molecule has 0 fully saturated rings. The second-order valence-electron chi connectivity index (χ2n) is 6.39. The fourth-order valence-electron chi connectivity index (χ4n) is 3.16. The summed E-state index contributed by atoms with van der Waals surface area (Å²) in [5.41, 5.74) is 5.14. The van der Waals surface area contributed by atoms with E-state index in [-0.39, 0.29) is 5.91 Å². The van der Waals surface area contributed by atoms with Gasteiger partial charge in [-0.15, -0.1) is 0 Å². The van der Waals surface area contributed by atoms with E-state index in [0.29, 0.717) is 11.4 Å². The van der Waals surface area contributed by atoms with Crippen LogP contribution in [0, 0.1) is 6.92 Å². The molecule has 1 amide bonds. The van der Waals surface area contributed by atoms with Gasteiger partial charge in [-0.1, -0.05) is 12.1 Å². The zero-order chi connectivity index (χ0) is 18.4. The van der Waals surface area contributed by atoms with Crippen LogP contribution >= 0.6 is 0 Å². The molecule has 132 valence electrons. The number of anilines is 5. The largest absolute Gasteiger partial charge is 0.342 e. The van der Waals surface area contributed by atoms with Gasteiger partial charge in [0.15, 0.2) is 0 Å². The molecule has 1 N–H and O–H groups in total. The highest BCUT2D eigenvalue weighted by Gasteiger charge is 2.27. The Kier molecular flexibility index (Phi) is 3.64. The molecular formula is C19H20N6O. The Labute approximate surface area is 151 Å². The molecular weight excluding hydrogens is 328 g/mol. The summed E-state index contributed by atoms with van der Waals surface area (Å²) in [4.78, 5) is 21.0. The topological polar surface area (TPSA) is 66.3 Å². The van der Waals surface area contributed by atoms with Gasteiger partial charge in [-0.2, -0.15) is 5.10 Å². The maximum Gasteiger partial charge on any atom is 0.260 e. The number of rotatable bonds is 2. The molecule has 0 bridgehead atoms. The third-order valence-electron chi connectivity index (χ3n) is 4.88. The van der Waals surface area contributed by atoms with Gasteiger partial charge in [0.05, 0.1) is 46.4 Å². The van der Waals surface area contributed by atoms with Crippen molar-refractivity contribution >= 4 is 34.5 Å². The molecule has 0 spiro atoms. The number of aryl methyl sites for hydroxylation is 1. The van der Waals surface area contributed by atoms with E-state index >= 15 is 0 Å². The van der Waals surface area contributed by atoms with Crippen molar-refractivity contribution in [3.63, 3.8) is 0 Å². The third kappa shape index (κ3) is 2.40. The van der Waals surface area contributed by atoms with E-state index in [1.807, 2.05) is 56.3 Å². The van der Waals surface area contributed by atoms with Gasteiger partial charge in [0, 0.05) is 27.2 Å². The van der Waals surface area contributed by atoms with Crippen molar-refractivity contribution in [1.82, 2.24) is 14.8 Å². The Morgan fingerprint density at radius 2 is 1.73 bits per heavy atom. The van der Waals surface area contributed by atoms with Crippen molar-refractivity contribution in [2.45, 2.75) is 6.92 Å². The van der Waals surface area contributed by atoms with Crippen LogP contribution in [0.3, 0.4) is 0 Å². The third-order valence-corrected chi connectivity index (χ3v) is 4.88. The molecule has 0 unspecified atom stereocenters. The number of nitrogens with one attached hydrogen (secondary N) is 1. The first-order valence-corrected chi connectivity index (χ1v) is 8.34. The molecule has 7 nitrogen and oxygen atoms in total. The monoisotopic (exact) mass is 348 g/mol.